The lowest BCUT2D eigenvalue weighted by Crippen LogP contribution is -2.17. The fraction of sp³-hybridized carbons (Fsp3) is 0.125. The zero-order valence-electron chi connectivity index (χ0n) is 17.0. The Bertz CT molecular complexity index is 1120. The molecule has 0 aliphatic heterocycles. The van der Waals surface area contributed by atoms with Crippen LogP contribution in [0.3, 0.4) is 0 Å². The number of thioether (sulfide) groups is 1. The molecule has 3 aromatic rings. The van der Waals surface area contributed by atoms with Gasteiger partial charge in [-0.3, -0.25) is 0 Å². The molecule has 0 aromatic heterocycles. The molecule has 0 radical (unpaired) electrons. The number of hydrogen-bond acceptors (Lipinski definition) is 4. The number of carbonyl (C=O) groups is 1. The first-order valence-corrected chi connectivity index (χ1v) is 11.4. The van der Waals surface area contributed by atoms with Crippen molar-refractivity contribution in [3.05, 3.63) is 94.5 Å². The van der Waals surface area contributed by atoms with E-state index in [4.69, 9.17) is 9.84 Å². The Morgan fingerprint density at radius 2 is 1.67 bits per heavy atom. The number of benzene rings is 3. The maximum Gasteiger partial charge on any atom is 0.573 e. The first-order chi connectivity index (χ1) is 15.7. The molecule has 0 atom stereocenters. The summed E-state index contributed by atoms with van der Waals surface area (Å²) in [7, 11) is 0. The minimum atomic E-state index is -4.74. The summed E-state index contributed by atoms with van der Waals surface area (Å²) in [6.07, 6.45) is -2.74. The van der Waals surface area contributed by atoms with E-state index in [2.05, 4.69) is 20.7 Å². The van der Waals surface area contributed by atoms with Gasteiger partial charge in [-0.2, -0.15) is 0 Å². The Kier molecular flexibility index (Phi) is 8.46. The predicted molar refractivity (Wildman–Crippen MR) is 125 cm³/mol. The highest BCUT2D eigenvalue weighted by atomic mass is 79.9. The standard InChI is InChI=1S/C24H18BrF3O4S/c25-21-14-19(10-11-22(21)31-15-23(29)30)33-13-12-20(16-4-2-1-3-5-16)17-6-8-18(9-7-17)32-24(26,27)28/h1-12,14H,13,15H2,(H,29,30)/b20-12-. The number of carboxylic acids is 1. The number of aliphatic carboxylic acids is 1. The van der Waals surface area contributed by atoms with Gasteiger partial charge in [-0.15, -0.1) is 24.9 Å². The van der Waals surface area contributed by atoms with Crippen molar-refractivity contribution in [2.75, 3.05) is 12.4 Å². The van der Waals surface area contributed by atoms with Crippen molar-refractivity contribution in [3.63, 3.8) is 0 Å². The van der Waals surface area contributed by atoms with Gasteiger partial charge in [0.25, 0.3) is 0 Å². The van der Waals surface area contributed by atoms with Gasteiger partial charge in [-0.1, -0.05) is 48.5 Å². The van der Waals surface area contributed by atoms with Gasteiger partial charge in [0.05, 0.1) is 4.47 Å². The van der Waals surface area contributed by atoms with Crippen molar-refractivity contribution in [1.29, 1.82) is 0 Å². The first-order valence-electron chi connectivity index (χ1n) is 9.60. The van der Waals surface area contributed by atoms with Gasteiger partial charge in [0.1, 0.15) is 11.5 Å². The third kappa shape index (κ3) is 7.87. The summed E-state index contributed by atoms with van der Waals surface area (Å²) in [6, 6.07) is 20.7. The Labute approximate surface area is 201 Å². The Hall–Kier alpha value is -2.91. The number of alkyl halides is 3. The van der Waals surface area contributed by atoms with E-state index in [-0.39, 0.29) is 5.75 Å². The van der Waals surface area contributed by atoms with E-state index in [1.807, 2.05) is 48.5 Å². The summed E-state index contributed by atoms with van der Waals surface area (Å²) in [5.41, 5.74) is 2.57. The molecule has 0 spiro atoms. The second-order valence-electron chi connectivity index (χ2n) is 6.64. The largest absolute Gasteiger partial charge is 0.573 e. The predicted octanol–water partition coefficient (Wildman–Crippen LogP) is 7.04. The van der Waals surface area contributed by atoms with Crippen molar-refractivity contribution < 1.29 is 32.5 Å². The van der Waals surface area contributed by atoms with E-state index >= 15 is 0 Å². The van der Waals surface area contributed by atoms with Crippen LogP contribution in [0.25, 0.3) is 5.57 Å². The molecule has 3 rings (SSSR count). The van der Waals surface area contributed by atoms with Crippen LogP contribution in [0, 0.1) is 0 Å². The van der Waals surface area contributed by atoms with Gasteiger partial charge in [0.15, 0.2) is 6.61 Å². The van der Waals surface area contributed by atoms with Crippen molar-refractivity contribution >= 4 is 39.2 Å². The highest BCUT2D eigenvalue weighted by Crippen LogP contribution is 2.32. The lowest BCUT2D eigenvalue weighted by molar-refractivity contribution is -0.274. The Balaban J connectivity index is 1.76. The summed E-state index contributed by atoms with van der Waals surface area (Å²) in [6.45, 7) is -0.430. The molecule has 172 valence electrons. The van der Waals surface area contributed by atoms with Crippen LogP contribution in [-0.2, 0) is 4.79 Å². The smallest absolute Gasteiger partial charge is 0.481 e. The number of ether oxygens (including phenoxy) is 2. The number of halogens is 4. The van der Waals surface area contributed by atoms with Crippen molar-refractivity contribution in [2.45, 2.75) is 11.3 Å². The van der Waals surface area contributed by atoms with Crippen molar-refractivity contribution in [2.24, 2.45) is 0 Å². The molecule has 3 aromatic carbocycles. The van der Waals surface area contributed by atoms with Crippen LogP contribution in [-0.4, -0.2) is 29.8 Å². The third-order valence-electron chi connectivity index (χ3n) is 4.28. The van der Waals surface area contributed by atoms with E-state index in [9.17, 15) is 18.0 Å². The molecule has 0 aliphatic rings. The van der Waals surface area contributed by atoms with Crippen LogP contribution in [0.15, 0.2) is 88.2 Å². The molecule has 0 bridgehead atoms. The lowest BCUT2D eigenvalue weighted by Gasteiger charge is -2.12. The minimum absolute atomic E-state index is 0.275. The molecule has 0 fully saturated rings. The average molecular weight is 539 g/mol. The second kappa shape index (κ2) is 11.3. The monoisotopic (exact) mass is 538 g/mol. The van der Waals surface area contributed by atoms with E-state index in [1.165, 1.54) is 12.1 Å². The SMILES string of the molecule is O=C(O)COc1ccc(SC/C=C(/c2ccccc2)c2ccc(OC(F)(F)F)cc2)cc1Br. The summed E-state index contributed by atoms with van der Waals surface area (Å²) in [5.74, 6) is -0.309. The number of carboxylic acid groups (broad SMARTS) is 1. The third-order valence-corrected chi connectivity index (χ3v) is 5.82. The molecule has 0 unspecified atom stereocenters. The van der Waals surface area contributed by atoms with Crippen LogP contribution < -0.4 is 9.47 Å². The number of rotatable bonds is 9. The van der Waals surface area contributed by atoms with Crippen LogP contribution in [0.2, 0.25) is 0 Å². The Morgan fingerprint density at radius 3 is 2.27 bits per heavy atom. The van der Waals surface area contributed by atoms with Gasteiger partial charge in [-0.05, 0) is 63.0 Å². The molecule has 0 saturated carbocycles. The molecule has 9 heteroatoms. The van der Waals surface area contributed by atoms with Gasteiger partial charge < -0.3 is 14.6 Å². The first kappa shape index (κ1) is 24.7. The van der Waals surface area contributed by atoms with Gasteiger partial charge in [-0.25, -0.2) is 4.79 Å². The Morgan fingerprint density at radius 1 is 1.00 bits per heavy atom. The minimum Gasteiger partial charge on any atom is -0.481 e. The van der Waals surface area contributed by atoms with Gasteiger partial charge in [0, 0.05) is 10.6 Å². The molecule has 0 aliphatic carbocycles. The molecular weight excluding hydrogens is 521 g/mol. The fourth-order valence-corrected chi connectivity index (χ4v) is 4.36. The van der Waals surface area contributed by atoms with Gasteiger partial charge >= 0.3 is 12.3 Å². The van der Waals surface area contributed by atoms with Crippen molar-refractivity contribution in [3.8, 4) is 11.5 Å². The highest BCUT2D eigenvalue weighted by Gasteiger charge is 2.31. The summed E-state index contributed by atoms with van der Waals surface area (Å²) in [4.78, 5) is 11.6. The van der Waals surface area contributed by atoms with Crippen LogP contribution in [0.5, 0.6) is 11.5 Å². The van der Waals surface area contributed by atoms with Crippen LogP contribution >= 0.6 is 27.7 Å². The zero-order chi connectivity index (χ0) is 23.8. The fourth-order valence-electron chi connectivity index (χ4n) is 2.91. The van der Waals surface area contributed by atoms with Crippen molar-refractivity contribution in [1.82, 2.24) is 0 Å². The molecular formula is C24H18BrF3O4S. The van der Waals surface area contributed by atoms with E-state index in [0.717, 1.165) is 21.6 Å². The summed E-state index contributed by atoms with van der Waals surface area (Å²) >= 11 is 4.93. The molecule has 1 N–H and O–H groups in total. The molecule has 4 nitrogen and oxygen atoms in total. The zero-order valence-corrected chi connectivity index (χ0v) is 19.4. The molecule has 0 saturated heterocycles. The van der Waals surface area contributed by atoms with Gasteiger partial charge in [0.2, 0.25) is 0 Å². The topological polar surface area (TPSA) is 55.8 Å². The van der Waals surface area contributed by atoms with Crippen LogP contribution in [0.1, 0.15) is 11.1 Å². The quantitative estimate of drug-likeness (QED) is 0.296. The van der Waals surface area contributed by atoms with E-state index in [1.54, 1.807) is 30.0 Å². The normalized spacial score (nSPS) is 11.8. The van der Waals surface area contributed by atoms with Crippen LogP contribution in [0.4, 0.5) is 13.2 Å². The highest BCUT2D eigenvalue weighted by molar-refractivity contribution is 9.10. The van der Waals surface area contributed by atoms with E-state index in [0.29, 0.717) is 16.0 Å². The summed E-state index contributed by atoms with van der Waals surface area (Å²) in [5, 5.41) is 8.73. The van der Waals surface area contributed by atoms with E-state index < -0.39 is 18.9 Å². The second-order valence-corrected chi connectivity index (χ2v) is 8.59. The maximum atomic E-state index is 12.5. The summed E-state index contributed by atoms with van der Waals surface area (Å²) < 4.78 is 47.2. The average Bonchev–Trinajstić information content (AvgIpc) is 2.76. The maximum absolute atomic E-state index is 12.5. The molecule has 0 amide bonds. The lowest BCUT2D eigenvalue weighted by atomic mass is 9.98. The molecule has 0 heterocycles. The number of hydrogen-bond donors (Lipinski definition) is 1. The molecule has 33 heavy (non-hydrogen) atoms.